The summed E-state index contributed by atoms with van der Waals surface area (Å²) in [6, 6.07) is 4.48. The van der Waals surface area contributed by atoms with Crippen molar-refractivity contribution in [1.29, 1.82) is 0 Å². The second-order valence-corrected chi connectivity index (χ2v) is 5.67. The highest BCUT2D eigenvalue weighted by atomic mass is 79.9. The Morgan fingerprint density at radius 3 is 2.62 bits per heavy atom. The summed E-state index contributed by atoms with van der Waals surface area (Å²) in [5.41, 5.74) is 0.341. The van der Waals surface area contributed by atoms with Crippen molar-refractivity contribution in [2.75, 3.05) is 25.5 Å². The number of carboxylic acids is 1. The van der Waals surface area contributed by atoms with Crippen LogP contribution in [0, 0.1) is 0 Å². The number of para-hydroxylation sites is 1. The molecule has 1 aliphatic heterocycles. The predicted octanol–water partition coefficient (Wildman–Crippen LogP) is 2.79. The summed E-state index contributed by atoms with van der Waals surface area (Å²) in [5, 5.41) is 11.9. The van der Waals surface area contributed by atoms with Crippen LogP contribution in [0.2, 0.25) is 0 Å². The topological polar surface area (TPSA) is 78.9 Å². The molecule has 0 radical (unpaired) electrons. The van der Waals surface area contributed by atoms with E-state index in [1.165, 1.54) is 6.07 Å². The van der Waals surface area contributed by atoms with Gasteiger partial charge in [0.25, 0.3) is 0 Å². The number of carbonyl (C=O) groups excluding carboxylic acids is 1. The van der Waals surface area contributed by atoms with Crippen LogP contribution >= 0.6 is 15.9 Å². The van der Waals surface area contributed by atoms with Gasteiger partial charge in [-0.05, 0) is 40.9 Å². The average molecular weight is 357 g/mol. The quantitative estimate of drug-likeness (QED) is 0.872. The highest BCUT2D eigenvalue weighted by Crippen LogP contribution is 2.27. The number of nitrogens with zero attached hydrogens (tertiary/aromatic N) is 1. The van der Waals surface area contributed by atoms with Crippen LogP contribution in [0.3, 0.4) is 0 Å². The Morgan fingerprint density at radius 1 is 1.38 bits per heavy atom. The lowest BCUT2D eigenvalue weighted by molar-refractivity contribution is 0.0521. The van der Waals surface area contributed by atoms with Gasteiger partial charge in [-0.3, -0.25) is 0 Å². The summed E-state index contributed by atoms with van der Waals surface area (Å²) in [7, 11) is 1.67. The van der Waals surface area contributed by atoms with Crippen molar-refractivity contribution in [2.45, 2.75) is 18.9 Å². The van der Waals surface area contributed by atoms with Gasteiger partial charge in [-0.25, -0.2) is 9.59 Å². The van der Waals surface area contributed by atoms with Crippen LogP contribution in [0.25, 0.3) is 0 Å². The van der Waals surface area contributed by atoms with Gasteiger partial charge in [0.2, 0.25) is 0 Å². The molecule has 1 aromatic carbocycles. The summed E-state index contributed by atoms with van der Waals surface area (Å²) >= 11 is 3.27. The molecule has 6 nitrogen and oxygen atoms in total. The van der Waals surface area contributed by atoms with Crippen LogP contribution < -0.4 is 5.32 Å². The maximum Gasteiger partial charge on any atom is 0.337 e. The Labute approximate surface area is 131 Å². The Hall–Kier alpha value is -1.60. The highest BCUT2D eigenvalue weighted by Gasteiger charge is 2.24. The Balaban J connectivity index is 2.08. The smallest absolute Gasteiger partial charge is 0.337 e. The largest absolute Gasteiger partial charge is 0.478 e. The van der Waals surface area contributed by atoms with E-state index in [-0.39, 0.29) is 23.4 Å². The number of piperidine rings is 1. The van der Waals surface area contributed by atoms with Gasteiger partial charge in [-0.2, -0.15) is 0 Å². The maximum atomic E-state index is 12.2. The number of hydrogen-bond donors (Lipinski definition) is 2. The number of methoxy groups -OCH3 is 1. The number of aromatic carboxylic acids is 1. The zero-order valence-corrected chi connectivity index (χ0v) is 13.2. The molecule has 1 saturated heterocycles. The molecule has 1 heterocycles. The van der Waals surface area contributed by atoms with Gasteiger partial charge in [0, 0.05) is 24.7 Å². The van der Waals surface area contributed by atoms with Gasteiger partial charge in [0.1, 0.15) is 0 Å². The third-order valence-electron chi connectivity index (χ3n) is 3.54. The van der Waals surface area contributed by atoms with Crippen molar-refractivity contribution >= 4 is 33.6 Å². The van der Waals surface area contributed by atoms with Gasteiger partial charge in [0.05, 0.1) is 17.4 Å². The molecule has 0 bridgehead atoms. The highest BCUT2D eigenvalue weighted by molar-refractivity contribution is 9.10. The molecule has 0 aromatic heterocycles. The Morgan fingerprint density at radius 2 is 2.05 bits per heavy atom. The summed E-state index contributed by atoms with van der Waals surface area (Å²) in [6.45, 7) is 1.19. The number of urea groups is 1. The standard InChI is InChI=1S/C14H17BrN2O4/c1-21-9-5-7-17(8-6-9)14(20)16-12-10(13(18)19)3-2-4-11(12)15/h2-4,9H,5-8H2,1H3,(H,16,20)(H,18,19). The first-order valence-corrected chi connectivity index (χ1v) is 7.42. The van der Waals surface area contributed by atoms with E-state index in [2.05, 4.69) is 21.2 Å². The monoisotopic (exact) mass is 356 g/mol. The zero-order valence-electron chi connectivity index (χ0n) is 11.6. The number of amides is 2. The molecule has 7 heteroatoms. The van der Waals surface area contributed by atoms with Crippen molar-refractivity contribution in [2.24, 2.45) is 0 Å². The second-order valence-electron chi connectivity index (χ2n) is 4.82. The lowest BCUT2D eigenvalue weighted by atomic mass is 10.1. The first kappa shape index (κ1) is 15.8. The molecular formula is C14H17BrN2O4. The molecule has 114 valence electrons. The average Bonchev–Trinajstić information content (AvgIpc) is 2.49. The number of anilines is 1. The summed E-state index contributed by atoms with van der Waals surface area (Å²) in [4.78, 5) is 25.1. The van der Waals surface area contributed by atoms with Crippen molar-refractivity contribution in [3.63, 3.8) is 0 Å². The van der Waals surface area contributed by atoms with E-state index in [0.29, 0.717) is 17.6 Å². The van der Waals surface area contributed by atoms with Crippen molar-refractivity contribution in [1.82, 2.24) is 4.90 Å². The molecule has 0 saturated carbocycles. The number of halogens is 1. The lowest BCUT2D eigenvalue weighted by Gasteiger charge is -2.31. The normalized spacial score (nSPS) is 15.8. The molecule has 2 amide bonds. The molecule has 0 spiro atoms. The molecular weight excluding hydrogens is 340 g/mol. The number of benzene rings is 1. The van der Waals surface area contributed by atoms with Crippen LogP contribution in [0.5, 0.6) is 0 Å². The number of rotatable bonds is 3. The zero-order chi connectivity index (χ0) is 15.4. The SMILES string of the molecule is COC1CCN(C(=O)Nc2c(Br)cccc2C(=O)O)CC1. The van der Waals surface area contributed by atoms with E-state index < -0.39 is 5.97 Å². The molecule has 2 N–H and O–H groups in total. The molecule has 0 aliphatic carbocycles. The van der Waals surface area contributed by atoms with E-state index >= 15 is 0 Å². The van der Waals surface area contributed by atoms with Crippen molar-refractivity contribution in [3.05, 3.63) is 28.2 Å². The van der Waals surface area contributed by atoms with Gasteiger partial charge in [0.15, 0.2) is 0 Å². The number of hydrogen-bond acceptors (Lipinski definition) is 3. The van der Waals surface area contributed by atoms with Crippen LogP contribution in [-0.2, 0) is 4.74 Å². The van der Waals surface area contributed by atoms with E-state index in [1.807, 2.05) is 0 Å². The fraction of sp³-hybridized carbons (Fsp3) is 0.429. The van der Waals surface area contributed by atoms with Gasteiger partial charge in [-0.15, -0.1) is 0 Å². The minimum Gasteiger partial charge on any atom is -0.478 e. The number of carboxylic acid groups (broad SMARTS) is 1. The molecule has 1 aliphatic rings. The van der Waals surface area contributed by atoms with Crippen molar-refractivity contribution in [3.8, 4) is 0 Å². The molecule has 2 rings (SSSR count). The van der Waals surface area contributed by atoms with E-state index in [0.717, 1.165) is 12.8 Å². The first-order valence-electron chi connectivity index (χ1n) is 6.63. The van der Waals surface area contributed by atoms with Crippen LogP contribution in [-0.4, -0.2) is 48.3 Å². The number of likely N-dealkylation sites (tertiary alicyclic amines) is 1. The summed E-state index contributed by atoms with van der Waals surface area (Å²) in [5.74, 6) is -1.08. The molecule has 0 unspecified atom stereocenters. The van der Waals surface area contributed by atoms with Crippen LogP contribution in [0.15, 0.2) is 22.7 Å². The van der Waals surface area contributed by atoms with Gasteiger partial charge >= 0.3 is 12.0 Å². The van der Waals surface area contributed by atoms with Crippen LogP contribution in [0.4, 0.5) is 10.5 Å². The number of carbonyl (C=O) groups is 2. The molecule has 0 atom stereocenters. The minimum absolute atomic E-state index is 0.0597. The fourth-order valence-corrected chi connectivity index (χ4v) is 2.78. The third-order valence-corrected chi connectivity index (χ3v) is 4.20. The van der Waals surface area contributed by atoms with Crippen molar-refractivity contribution < 1.29 is 19.4 Å². The fourth-order valence-electron chi connectivity index (χ4n) is 2.31. The predicted molar refractivity (Wildman–Crippen MR) is 81.7 cm³/mol. The summed E-state index contributed by atoms with van der Waals surface area (Å²) in [6.07, 6.45) is 1.75. The van der Waals surface area contributed by atoms with E-state index in [1.54, 1.807) is 24.1 Å². The van der Waals surface area contributed by atoms with E-state index in [9.17, 15) is 14.7 Å². The molecule has 21 heavy (non-hydrogen) atoms. The summed E-state index contributed by atoms with van der Waals surface area (Å²) < 4.78 is 5.81. The minimum atomic E-state index is -1.08. The Kier molecular flexibility index (Phi) is 5.19. The number of ether oxygens (including phenoxy) is 1. The molecule has 1 fully saturated rings. The third kappa shape index (κ3) is 3.74. The Bertz CT molecular complexity index is 542. The van der Waals surface area contributed by atoms with Gasteiger partial charge < -0.3 is 20.1 Å². The van der Waals surface area contributed by atoms with E-state index in [4.69, 9.17) is 4.74 Å². The second kappa shape index (κ2) is 6.91. The van der Waals surface area contributed by atoms with Crippen LogP contribution in [0.1, 0.15) is 23.2 Å². The van der Waals surface area contributed by atoms with Gasteiger partial charge in [-0.1, -0.05) is 6.07 Å². The lowest BCUT2D eigenvalue weighted by Crippen LogP contribution is -2.43. The first-order chi connectivity index (χ1) is 10.0. The number of nitrogens with one attached hydrogen (secondary N) is 1. The maximum absolute atomic E-state index is 12.2. The molecule has 1 aromatic rings.